The molecular formula is C27H34N4O2. The summed E-state index contributed by atoms with van der Waals surface area (Å²) in [7, 11) is 0. The van der Waals surface area contributed by atoms with Crippen molar-refractivity contribution in [3.63, 3.8) is 0 Å². The van der Waals surface area contributed by atoms with E-state index in [4.69, 9.17) is 4.74 Å². The van der Waals surface area contributed by atoms with E-state index in [1.807, 2.05) is 19.1 Å². The minimum atomic E-state index is -0.00528. The van der Waals surface area contributed by atoms with Gasteiger partial charge in [0.2, 0.25) is 5.91 Å². The summed E-state index contributed by atoms with van der Waals surface area (Å²) in [6.45, 7) is 5.12. The maximum atomic E-state index is 13.2. The Kier molecular flexibility index (Phi) is 6.63. The Morgan fingerprint density at radius 1 is 1.18 bits per heavy atom. The van der Waals surface area contributed by atoms with Gasteiger partial charge in [-0.25, -0.2) is 0 Å². The summed E-state index contributed by atoms with van der Waals surface area (Å²) in [6.07, 6.45) is 9.44. The van der Waals surface area contributed by atoms with Gasteiger partial charge in [0.05, 0.1) is 18.7 Å². The summed E-state index contributed by atoms with van der Waals surface area (Å²) >= 11 is 0. The van der Waals surface area contributed by atoms with Crippen LogP contribution < -0.4 is 10.1 Å². The van der Waals surface area contributed by atoms with Gasteiger partial charge in [-0.05, 0) is 49.9 Å². The summed E-state index contributed by atoms with van der Waals surface area (Å²) in [6, 6.07) is 12.7. The number of aromatic amines is 1. The van der Waals surface area contributed by atoms with E-state index in [-0.39, 0.29) is 11.8 Å². The predicted molar refractivity (Wildman–Crippen MR) is 130 cm³/mol. The van der Waals surface area contributed by atoms with Crippen molar-refractivity contribution in [3.05, 3.63) is 60.0 Å². The summed E-state index contributed by atoms with van der Waals surface area (Å²) in [5.41, 5.74) is 3.42. The largest absolute Gasteiger partial charge is 0.492 e. The first-order chi connectivity index (χ1) is 16.1. The number of nitrogens with zero attached hydrogens (tertiary/aromatic N) is 2. The molecule has 0 bridgehead atoms. The Morgan fingerprint density at radius 2 is 2.03 bits per heavy atom. The number of pyridine rings is 1. The number of amides is 1. The first kappa shape index (κ1) is 22.0. The van der Waals surface area contributed by atoms with Crippen LogP contribution in [0.5, 0.6) is 5.75 Å². The van der Waals surface area contributed by atoms with Crippen LogP contribution in [0, 0.1) is 18.8 Å². The number of para-hydroxylation sites is 1. The molecule has 0 spiro atoms. The lowest BCUT2D eigenvalue weighted by molar-refractivity contribution is -0.128. The average Bonchev–Trinajstić information content (AvgIpc) is 3.49. The van der Waals surface area contributed by atoms with Gasteiger partial charge in [0, 0.05) is 54.4 Å². The number of piperidine rings is 1. The molecule has 2 N–H and O–H groups in total. The van der Waals surface area contributed by atoms with E-state index >= 15 is 0 Å². The predicted octanol–water partition coefficient (Wildman–Crippen LogP) is 4.45. The quantitative estimate of drug-likeness (QED) is 0.563. The normalized spacial score (nSPS) is 22.0. The zero-order valence-corrected chi connectivity index (χ0v) is 19.4. The van der Waals surface area contributed by atoms with E-state index in [0.29, 0.717) is 18.6 Å². The number of carbonyl (C=O) groups is 1. The van der Waals surface area contributed by atoms with Crippen molar-refractivity contribution in [3.8, 4) is 5.75 Å². The Hall–Kier alpha value is -2.86. The number of carbonyl (C=O) groups excluding carboxylic acids is 1. The number of hydrogen-bond acceptors (Lipinski definition) is 4. The number of hydrogen-bond donors (Lipinski definition) is 2. The Bertz CT molecular complexity index is 1070. The van der Waals surface area contributed by atoms with Gasteiger partial charge in [-0.2, -0.15) is 0 Å². The van der Waals surface area contributed by atoms with Crippen LogP contribution in [0.4, 0.5) is 0 Å². The molecule has 1 amide bonds. The van der Waals surface area contributed by atoms with E-state index in [2.05, 4.69) is 50.6 Å². The molecule has 1 aliphatic heterocycles. The smallest absolute Gasteiger partial charge is 0.224 e. The van der Waals surface area contributed by atoms with E-state index in [1.165, 1.54) is 23.8 Å². The lowest BCUT2D eigenvalue weighted by Gasteiger charge is -2.37. The topological polar surface area (TPSA) is 70.2 Å². The molecule has 2 aliphatic rings. The SMILES string of the molecule is Cc1ccc(OC[C@H]2C[C@@H](C(=O)NC3CCCC3)CN(Cc3c[nH]c4ccccc34)C2)cn1. The van der Waals surface area contributed by atoms with Crippen molar-refractivity contribution in [1.29, 1.82) is 0 Å². The van der Waals surface area contributed by atoms with E-state index in [9.17, 15) is 4.79 Å². The molecule has 1 saturated carbocycles. The fourth-order valence-electron chi connectivity index (χ4n) is 5.39. The zero-order chi connectivity index (χ0) is 22.6. The van der Waals surface area contributed by atoms with Crippen molar-refractivity contribution in [1.82, 2.24) is 20.2 Å². The highest BCUT2D eigenvalue weighted by atomic mass is 16.5. The van der Waals surface area contributed by atoms with E-state index in [0.717, 1.165) is 55.9 Å². The van der Waals surface area contributed by atoms with Crippen LogP contribution in [0.1, 0.15) is 43.4 Å². The van der Waals surface area contributed by atoms with E-state index < -0.39 is 0 Å². The number of rotatable bonds is 7. The number of ether oxygens (including phenoxy) is 1. The second-order valence-electron chi connectivity index (χ2n) is 9.79. The molecule has 3 heterocycles. The van der Waals surface area contributed by atoms with Gasteiger partial charge in [-0.3, -0.25) is 14.7 Å². The number of benzene rings is 1. The minimum Gasteiger partial charge on any atom is -0.492 e. The number of likely N-dealkylation sites (tertiary alicyclic amines) is 1. The standard InChI is InChI=1S/C27H34N4O2/c1-19-10-11-24(14-28-19)33-18-20-12-21(27(32)30-23-6-2-3-7-23)16-31(15-20)17-22-13-29-26-9-5-4-8-25(22)26/h4-5,8-11,13-14,20-21,23,29H,2-3,6-7,12,15-18H2,1H3,(H,30,32)/t20-,21+/m0/s1. The molecule has 2 aromatic heterocycles. The molecule has 2 atom stereocenters. The van der Waals surface area contributed by atoms with Crippen molar-refractivity contribution in [2.45, 2.75) is 51.6 Å². The molecule has 6 heteroatoms. The molecular weight excluding hydrogens is 412 g/mol. The number of aryl methyl sites for hydroxylation is 1. The van der Waals surface area contributed by atoms with Gasteiger partial charge in [-0.1, -0.05) is 31.0 Å². The molecule has 174 valence electrons. The van der Waals surface area contributed by atoms with Gasteiger partial charge in [0.25, 0.3) is 0 Å². The third-order valence-electron chi connectivity index (χ3n) is 7.12. The van der Waals surface area contributed by atoms with Gasteiger partial charge in [-0.15, -0.1) is 0 Å². The van der Waals surface area contributed by atoms with Crippen LogP contribution >= 0.6 is 0 Å². The molecule has 33 heavy (non-hydrogen) atoms. The lowest BCUT2D eigenvalue weighted by Crippen LogP contribution is -2.48. The molecule has 2 fully saturated rings. The van der Waals surface area contributed by atoms with Crippen LogP contribution in [-0.2, 0) is 11.3 Å². The summed E-state index contributed by atoms with van der Waals surface area (Å²) in [4.78, 5) is 23.3. The highest BCUT2D eigenvalue weighted by molar-refractivity contribution is 5.83. The number of aromatic nitrogens is 2. The Balaban J connectivity index is 1.28. The maximum Gasteiger partial charge on any atom is 0.224 e. The lowest BCUT2D eigenvalue weighted by atomic mass is 9.88. The van der Waals surface area contributed by atoms with Gasteiger partial charge in [0.15, 0.2) is 0 Å². The molecule has 3 aromatic rings. The first-order valence-corrected chi connectivity index (χ1v) is 12.3. The molecule has 1 aliphatic carbocycles. The molecule has 0 unspecified atom stereocenters. The minimum absolute atomic E-state index is 0.00528. The van der Waals surface area contributed by atoms with Crippen LogP contribution in [0.25, 0.3) is 10.9 Å². The molecule has 0 radical (unpaired) electrons. The highest BCUT2D eigenvalue weighted by Gasteiger charge is 2.33. The van der Waals surface area contributed by atoms with Crippen molar-refractivity contribution >= 4 is 16.8 Å². The third kappa shape index (κ3) is 5.38. The molecule has 5 rings (SSSR count). The van der Waals surface area contributed by atoms with Gasteiger partial charge < -0.3 is 15.0 Å². The Labute approximate surface area is 195 Å². The Morgan fingerprint density at radius 3 is 2.85 bits per heavy atom. The summed E-state index contributed by atoms with van der Waals surface area (Å²) in [5.74, 6) is 1.30. The number of fused-ring (bicyclic) bond motifs is 1. The highest BCUT2D eigenvalue weighted by Crippen LogP contribution is 2.28. The van der Waals surface area contributed by atoms with E-state index in [1.54, 1.807) is 6.20 Å². The average molecular weight is 447 g/mol. The molecule has 6 nitrogen and oxygen atoms in total. The van der Waals surface area contributed by atoms with Gasteiger partial charge >= 0.3 is 0 Å². The van der Waals surface area contributed by atoms with Crippen molar-refractivity contribution in [2.75, 3.05) is 19.7 Å². The van der Waals surface area contributed by atoms with Crippen LogP contribution in [0.15, 0.2) is 48.8 Å². The summed E-state index contributed by atoms with van der Waals surface area (Å²) < 4.78 is 6.09. The van der Waals surface area contributed by atoms with Crippen LogP contribution in [0.2, 0.25) is 0 Å². The van der Waals surface area contributed by atoms with Gasteiger partial charge in [0.1, 0.15) is 5.75 Å². The third-order valence-corrected chi connectivity index (χ3v) is 7.12. The molecule has 1 saturated heterocycles. The molecule has 1 aromatic carbocycles. The monoisotopic (exact) mass is 446 g/mol. The second-order valence-corrected chi connectivity index (χ2v) is 9.79. The van der Waals surface area contributed by atoms with Crippen molar-refractivity contribution < 1.29 is 9.53 Å². The number of nitrogens with one attached hydrogen (secondary N) is 2. The first-order valence-electron chi connectivity index (χ1n) is 12.3. The fraction of sp³-hybridized carbons (Fsp3) is 0.481. The fourth-order valence-corrected chi connectivity index (χ4v) is 5.39. The van der Waals surface area contributed by atoms with Crippen LogP contribution in [-0.4, -0.2) is 46.5 Å². The zero-order valence-electron chi connectivity index (χ0n) is 19.4. The maximum absolute atomic E-state index is 13.2. The van der Waals surface area contributed by atoms with Crippen LogP contribution in [0.3, 0.4) is 0 Å². The number of H-pyrrole nitrogens is 1. The summed E-state index contributed by atoms with van der Waals surface area (Å²) in [5, 5.41) is 4.59. The second kappa shape index (κ2) is 9.96. The van der Waals surface area contributed by atoms with Crippen molar-refractivity contribution in [2.24, 2.45) is 11.8 Å².